The van der Waals surface area contributed by atoms with Gasteiger partial charge in [-0.3, -0.25) is 0 Å². The summed E-state index contributed by atoms with van der Waals surface area (Å²) in [5, 5.41) is 3.50. The van der Waals surface area contributed by atoms with E-state index in [1.54, 1.807) is 0 Å². The van der Waals surface area contributed by atoms with Crippen LogP contribution in [-0.4, -0.2) is 6.54 Å². The number of hydrogen-bond acceptors (Lipinski definition) is 2. The van der Waals surface area contributed by atoms with E-state index in [1.165, 1.54) is 16.7 Å². The van der Waals surface area contributed by atoms with Gasteiger partial charge in [-0.15, -0.1) is 0 Å². The molecule has 0 saturated heterocycles. The fraction of sp³-hybridized carbons (Fsp3) is 0.182. The van der Waals surface area contributed by atoms with Gasteiger partial charge in [-0.1, -0.05) is 60.2 Å². The molecule has 0 aliphatic rings. The first kappa shape index (κ1) is 16.3. The van der Waals surface area contributed by atoms with Crippen LogP contribution in [0.2, 0.25) is 0 Å². The molecule has 0 aromatic heterocycles. The fourth-order valence-corrected chi connectivity index (χ4v) is 2.56. The molecule has 0 bridgehead atoms. The van der Waals surface area contributed by atoms with Crippen LogP contribution >= 0.6 is 0 Å². The zero-order chi connectivity index (χ0) is 16.6. The molecule has 2 heteroatoms. The van der Waals surface area contributed by atoms with Gasteiger partial charge < -0.3 is 10.1 Å². The SMILES string of the molecule is Cc1ccc(CCNCc2cccc(Oc3ccccc3)c2)cc1. The topological polar surface area (TPSA) is 21.3 Å². The summed E-state index contributed by atoms with van der Waals surface area (Å²) in [6, 6.07) is 26.8. The highest BCUT2D eigenvalue weighted by Gasteiger charge is 1.99. The standard InChI is InChI=1S/C22H23NO/c1-18-10-12-19(13-11-18)14-15-23-17-20-6-5-9-22(16-20)24-21-7-3-2-4-8-21/h2-13,16,23H,14-15,17H2,1H3. The molecule has 3 rings (SSSR count). The van der Waals surface area contributed by atoms with E-state index in [-0.39, 0.29) is 0 Å². The molecule has 0 radical (unpaired) electrons. The minimum absolute atomic E-state index is 0.845. The monoisotopic (exact) mass is 317 g/mol. The van der Waals surface area contributed by atoms with Crippen molar-refractivity contribution in [2.75, 3.05) is 6.54 Å². The second-order valence-corrected chi connectivity index (χ2v) is 5.97. The summed E-state index contributed by atoms with van der Waals surface area (Å²) in [4.78, 5) is 0. The second kappa shape index (κ2) is 8.32. The van der Waals surface area contributed by atoms with Crippen molar-refractivity contribution in [1.82, 2.24) is 5.32 Å². The molecular weight excluding hydrogens is 294 g/mol. The van der Waals surface area contributed by atoms with Gasteiger partial charge >= 0.3 is 0 Å². The number of benzene rings is 3. The van der Waals surface area contributed by atoms with Crippen molar-refractivity contribution >= 4 is 0 Å². The van der Waals surface area contributed by atoms with Crippen LogP contribution < -0.4 is 10.1 Å². The molecular formula is C22H23NO. The molecule has 0 aliphatic heterocycles. The third-order valence-electron chi connectivity index (χ3n) is 3.92. The van der Waals surface area contributed by atoms with Crippen molar-refractivity contribution in [3.05, 3.63) is 95.6 Å². The summed E-state index contributed by atoms with van der Waals surface area (Å²) in [5.74, 6) is 1.74. The normalized spacial score (nSPS) is 10.5. The molecule has 0 fully saturated rings. The maximum absolute atomic E-state index is 5.88. The van der Waals surface area contributed by atoms with Crippen LogP contribution in [0.15, 0.2) is 78.9 Å². The van der Waals surface area contributed by atoms with Gasteiger partial charge in [0.05, 0.1) is 0 Å². The molecule has 0 unspecified atom stereocenters. The van der Waals surface area contributed by atoms with Crippen molar-refractivity contribution < 1.29 is 4.74 Å². The summed E-state index contributed by atoms with van der Waals surface area (Å²) < 4.78 is 5.88. The Kier molecular flexibility index (Phi) is 5.65. The zero-order valence-electron chi connectivity index (χ0n) is 14.0. The predicted octanol–water partition coefficient (Wildman–Crippen LogP) is 5.12. The van der Waals surface area contributed by atoms with E-state index in [0.29, 0.717) is 0 Å². The Morgan fingerprint density at radius 1 is 0.750 bits per heavy atom. The van der Waals surface area contributed by atoms with Crippen LogP contribution in [0, 0.1) is 6.92 Å². The van der Waals surface area contributed by atoms with Gasteiger partial charge in [-0.05, 0) is 55.3 Å². The van der Waals surface area contributed by atoms with Crippen molar-refractivity contribution in [3.8, 4) is 11.5 Å². The van der Waals surface area contributed by atoms with E-state index < -0.39 is 0 Å². The smallest absolute Gasteiger partial charge is 0.127 e. The Balaban J connectivity index is 1.48. The van der Waals surface area contributed by atoms with E-state index in [2.05, 4.69) is 48.6 Å². The van der Waals surface area contributed by atoms with Crippen molar-refractivity contribution in [3.63, 3.8) is 0 Å². The minimum Gasteiger partial charge on any atom is -0.457 e. The number of ether oxygens (including phenoxy) is 1. The molecule has 0 saturated carbocycles. The number of aryl methyl sites for hydroxylation is 1. The first-order valence-corrected chi connectivity index (χ1v) is 8.38. The molecule has 3 aromatic rings. The van der Waals surface area contributed by atoms with E-state index in [0.717, 1.165) is 31.0 Å². The third kappa shape index (κ3) is 4.97. The molecule has 0 atom stereocenters. The quantitative estimate of drug-likeness (QED) is 0.611. The number of para-hydroxylation sites is 1. The number of hydrogen-bond donors (Lipinski definition) is 1. The Labute approximate surface area is 144 Å². The van der Waals surface area contributed by atoms with Gasteiger partial charge in [-0.25, -0.2) is 0 Å². The summed E-state index contributed by atoms with van der Waals surface area (Å²) in [6.07, 6.45) is 1.04. The van der Waals surface area contributed by atoms with Gasteiger partial charge in [-0.2, -0.15) is 0 Å². The number of nitrogens with one attached hydrogen (secondary N) is 1. The van der Waals surface area contributed by atoms with E-state index in [9.17, 15) is 0 Å². The van der Waals surface area contributed by atoms with E-state index in [1.807, 2.05) is 42.5 Å². The van der Waals surface area contributed by atoms with Gasteiger partial charge in [0.15, 0.2) is 0 Å². The summed E-state index contributed by atoms with van der Waals surface area (Å²) >= 11 is 0. The summed E-state index contributed by atoms with van der Waals surface area (Å²) in [5.41, 5.74) is 3.91. The van der Waals surface area contributed by atoms with Gasteiger partial charge in [0.25, 0.3) is 0 Å². The molecule has 122 valence electrons. The molecule has 2 nitrogen and oxygen atoms in total. The lowest BCUT2D eigenvalue weighted by atomic mass is 10.1. The fourth-order valence-electron chi connectivity index (χ4n) is 2.56. The Morgan fingerprint density at radius 3 is 2.29 bits per heavy atom. The highest BCUT2D eigenvalue weighted by molar-refractivity contribution is 5.33. The highest BCUT2D eigenvalue weighted by Crippen LogP contribution is 2.21. The van der Waals surface area contributed by atoms with Crippen molar-refractivity contribution in [2.45, 2.75) is 19.9 Å². The highest BCUT2D eigenvalue weighted by atomic mass is 16.5. The Bertz CT molecular complexity index is 750. The van der Waals surface area contributed by atoms with Crippen LogP contribution in [-0.2, 0) is 13.0 Å². The molecule has 0 aliphatic carbocycles. The maximum atomic E-state index is 5.88. The zero-order valence-corrected chi connectivity index (χ0v) is 14.0. The van der Waals surface area contributed by atoms with Crippen LogP contribution in [0.25, 0.3) is 0 Å². The van der Waals surface area contributed by atoms with Crippen molar-refractivity contribution in [2.24, 2.45) is 0 Å². The lowest BCUT2D eigenvalue weighted by Gasteiger charge is -2.09. The first-order valence-electron chi connectivity index (χ1n) is 8.38. The number of rotatable bonds is 7. The van der Waals surface area contributed by atoms with Crippen LogP contribution in [0.5, 0.6) is 11.5 Å². The first-order chi connectivity index (χ1) is 11.8. The third-order valence-corrected chi connectivity index (χ3v) is 3.92. The molecule has 1 N–H and O–H groups in total. The average Bonchev–Trinajstić information content (AvgIpc) is 2.61. The van der Waals surface area contributed by atoms with Gasteiger partial charge in [0.2, 0.25) is 0 Å². The van der Waals surface area contributed by atoms with E-state index in [4.69, 9.17) is 4.74 Å². The van der Waals surface area contributed by atoms with Crippen LogP contribution in [0.3, 0.4) is 0 Å². The van der Waals surface area contributed by atoms with Crippen molar-refractivity contribution in [1.29, 1.82) is 0 Å². The average molecular weight is 317 g/mol. The van der Waals surface area contributed by atoms with Crippen LogP contribution in [0.4, 0.5) is 0 Å². The van der Waals surface area contributed by atoms with Gasteiger partial charge in [0, 0.05) is 6.54 Å². The maximum Gasteiger partial charge on any atom is 0.127 e. The summed E-state index contributed by atoms with van der Waals surface area (Å²) in [6.45, 7) is 3.93. The predicted molar refractivity (Wildman–Crippen MR) is 99.5 cm³/mol. The second-order valence-electron chi connectivity index (χ2n) is 5.97. The summed E-state index contributed by atoms with van der Waals surface area (Å²) in [7, 11) is 0. The van der Waals surface area contributed by atoms with E-state index >= 15 is 0 Å². The largest absolute Gasteiger partial charge is 0.457 e. The van der Waals surface area contributed by atoms with Crippen LogP contribution in [0.1, 0.15) is 16.7 Å². The Hall–Kier alpha value is -2.58. The minimum atomic E-state index is 0.845. The Morgan fingerprint density at radius 2 is 1.50 bits per heavy atom. The lowest BCUT2D eigenvalue weighted by molar-refractivity contribution is 0.481. The molecule has 0 heterocycles. The molecule has 0 spiro atoms. The molecule has 0 amide bonds. The lowest BCUT2D eigenvalue weighted by Crippen LogP contribution is -2.16. The molecule has 3 aromatic carbocycles. The molecule has 24 heavy (non-hydrogen) atoms. The van der Waals surface area contributed by atoms with Gasteiger partial charge in [0.1, 0.15) is 11.5 Å².